The average Bonchev–Trinajstić information content (AvgIpc) is 2.46. The summed E-state index contributed by atoms with van der Waals surface area (Å²) in [6.45, 7) is 1.90. The van der Waals surface area contributed by atoms with Crippen LogP contribution in [0.4, 0.5) is 5.69 Å². The molecule has 3 N–H and O–H groups in total. The lowest BCUT2D eigenvalue weighted by molar-refractivity contribution is -0.384. The first-order chi connectivity index (χ1) is 10.4. The quantitative estimate of drug-likeness (QED) is 0.247. The summed E-state index contributed by atoms with van der Waals surface area (Å²) in [6, 6.07) is 5.56. The largest absolute Gasteiger partial charge is 0.466 e. The third-order valence-electron chi connectivity index (χ3n) is 2.47. The van der Waals surface area contributed by atoms with Gasteiger partial charge in [-0.15, -0.1) is 0 Å². The monoisotopic (exact) mass is 308 g/mol. The van der Waals surface area contributed by atoms with Crippen molar-refractivity contribution in [1.29, 1.82) is 0 Å². The molecule has 1 aromatic rings. The fourth-order valence-electron chi connectivity index (χ4n) is 1.49. The SMILES string of the molecule is CCOC(=O)C/C(N)=N/NC(=O)Cc1ccc([N+](=O)[O-])cc1. The van der Waals surface area contributed by atoms with Gasteiger partial charge in [-0.1, -0.05) is 12.1 Å². The molecule has 1 rings (SSSR count). The van der Waals surface area contributed by atoms with E-state index in [1.165, 1.54) is 24.3 Å². The van der Waals surface area contributed by atoms with Crippen molar-refractivity contribution in [1.82, 2.24) is 5.43 Å². The van der Waals surface area contributed by atoms with Crippen molar-refractivity contribution in [2.24, 2.45) is 10.8 Å². The summed E-state index contributed by atoms with van der Waals surface area (Å²) in [6.07, 6.45) is -0.236. The summed E-state index contributed by atoms with van der Waals surface area (Å²) in [5, 5.41) is 14.1. The van der Waals surface area contributed by atoms with Crippen LogP contribution in [0.25, 0.3) is 0 Å². The maximum Gasteiger partial charge on any atom is 0.313 e. The van der Waals surface area contributed by atoms with E-state index in [2.05, 4.69) is 15.3 Å². The van der Waals surface area contributed by atoms with E-state index in [4.69, 9.17) is 5.73 Å². The third-order valence-corrected chi connectivity index (χ3v) is 2.47. The zero-order valence-corrected chi connectivity index (χ0v) is 11.9. The molecule has 0 radical (unpaired) electrons. The van der Waals surface area contributed by atoms with Gasteiger partial charge in [-0.05, 0) is 12.5 Å². The molecule has 0 aromatic heterocycles. The fraction of sp³-hybridized carbons (Fsp3) is 0.308. The number of amides is 1. The van der Waals surface area contributed by atoms with E-state index in [1.807, 2.05) is 0 Å². The summed E-state index contributed by atoms with van der Waals surface area (Å²) in [5.74, 6) is -1.07. The van der Waals surface area contributed by atoms with Crippen molar-refractivity contribution in [2.75, 3.05) is 6.61 Å². The van der Waals surface area contributed by atoms with Gasteiger partial charge >= 0.3 is 5.97 Å². The number of amidine groups is 1. The molecule has 0 aliphatic heterocycles. The summed E-state index contributed by atoms with van der Waals surface area (Å²) in [4.78, 5) is 32.7. The van der Waals surface area contributed by atoms with Gasteiger partial charge in [0, 0.05) is 12.1 Å². The van der Waals surface area contributed by atoms with Gasteiger partial charge in [0.15, 0.2) is 0 Å². The molecule has 0 aliphatic rings. The highest BCUT2D eigenvalue weighted by atomic mass is 16.6. The van der Waals surface area contributed by atoms with E-state index in [9.17, 15) is 19.7 Å². The molecule has 9 nitrogen and oxygen atoms in total. The van der Waals surface area contributed by atoms with Gasteiger partial charge in [0.05, 0.1) is 18.0 Å². The predicted octanol–water partition coefficient (Wildman–Crippen LogP) is 0.479. The first-order valence-electron chi connectivity index (χ1n) is 6.42. The van der Waals surface area contributed by atoms with E-state index >= 15 is 0 Å². The number of nitro groups is 1. The van der Waals surface area contributed by atoms with Crippen LogP contribution < -0.4 is 11.2 Å². The van der Waals surface area contributed by atoms with E-state index in [1.54, 1.807) is 6.92 Å². The average molecular weight is 308 g/mol. The second kappa shape index (κ2) is 8.35. The molecule has 118 valence electrons. The number of hydrogen-bond acceptors (Lipinski definition) is 6. The second-order valence-corrected chi connectivity index (χ2v) is 4.22. The van der Waals surface area contributed by atoms with Crippen LogP contribution in [0.15, 0.2) is 29.4 Å². The van der Waals surface area contributed by atoms with Gasteiger partial charge in [0.25, 0.3) is 5.69 Å². The van der Waals surface area contributed by atoms with E-state index in [-0.39, 0.29) is 31.0 Å². The highest BCUT2D eigenvalue weighted by molar-refractivity contribution is 5.97. The maximum atomic E-state index is 11.6. The number of carbonyl (C=O) groups is 2. The molecular weight excluding hydrogens is 292 g/mol. The zero-order chi connectivity index (χ0) is 16.5. The minimum Gasteiger partial charge on any atom is -0.466 e. The Morgan fingerprint density at radius 3 is 2.55 bits per heavy atom. The zero-order valence-electron chi connectivity index (χ0n) is 11.9. The number of esters is 1. The highest BCUT2D eigenvalue weighted by Crippen LogP contribution is 2.12. The van der Waals surface area contributed by atoms with Crippen molar-refractivity contribution in [3.63, 3.8) is 0 Å². The lowest BCUT2D eigenvalue weighted by atomic mass is 10.1. The first-order valence-corrected chi connectivity index (χ1v) is 6.42. The molecule has 0 aliphatic carbocycles. The Balaban J connectivity index is 2.48. The van der Waals surface area contributed by atoms with Crippen LogP contribution in [0.1, 0.15) is 18.9 Å². The second-order valence-electron chi connectivity index (χ2n) is 4.22. The number of non-ortho nitro benzene ring substituents is 1. The Bertz CT molecular complexity index is 583. The minimum absolute atomic E-state index is 0.0197. The van der Waals surface area contributed by atoms with E-state index < -0.39 is 16.8 Å². The molecule has 0 heterocycles. The van der Waals surface area contributed by atoms with Crippen LogP contribution in [0.5, 0.6) is 0 Å². The summed E-state index contributed by atoms with van der Waals surface area (Å²) >= 11 is 0. The maximum absolute atomic E-state index is 11.6. The number of nitrogens with two attached hydrogens (primary N) is 1. The highest BCUT2D eigenvalue weighted by Gasteiger charge is 2.08. The van der Waals surface area contributed by atoms with Crippen LogP contribution in [-0.4, -0.2) is 29.2 Å². The number of rotatable bonds is 7. The smallest absolute Gasteiger partial charge is 0.313 e. The van der Waals surface area contributed by atoms with Crippen molar-refractivity contribution >= 4 is 23.4 Å². The van der Waals surface area contributed by atoms with Crippen LogP contribution in [0, 0.1) is 10.1 Å². The lowest BCUT2D eigenvalue weighted by Gasteiger charge is -2.03. The number of hydrazone groups is 1. The van der Waals surface area contributed by atoms with Crippen molar-refractivity contribution in [2.45, 2.75) is 19.8 Å². The van der Waals surface area contributed by atoms with Gasteiger partial charge in [-0.3, -0.25) is 19.7 Å². The minimum atomic E-state index is -0.534. The summed E-state index contributed by atoms with van der Waals surface area (Å²) in [7, 11) is 0. The molecule has 1 aromatic carbocycles. The summed E-state index contributed by atoms with van der Waals surface area (Å²) in [5.41, 5.74) is 8.19. The lowest BCUT2D eigenvalue weighted by Crippen LogP contribution is -2.26. The van der Waals surface area contributed by atoms with Gasteiger partial charge in [-0.2, -0.15) is 5.10 Å². The standard InChI is InChI=1S/C13H16N4O5/c1-2-22-13(19)8-11(14)15-16-12(18)7-9-3-5-10(6-4-9)17(20)21/h3-6H,2,7-8H2,1H3,(H2,14,15)(H,16,18). The molecule has 0 spiro atoms. The number of nitrogens with one attached hydrogen (secondary N) is 1. The van der Waals surface area contributed by atoms with Crippen molar-refractivity contribution < 1.29 is 19.2 Å². The molecule has 9 heteroatoms. The predicted molar refractivity (Wildman–Crippen MR) is 77.8 cm³/mol. The molecule has 0 unspecified atom stereocenters. The molecule has 0 saturated heterocycles. The number of nitrogens with zero attached hydrogens (tertiary/aromatic N) is 2. The van der Waals surface area contributed by atoms with Crippen LogP contribution in [0.2, 0.25) is 0 Å². The molecule has 0 bridgehead atoms. The summed E-state index contributed by atoms with van der Waals surface area (Å²) < 4.78 is 4.68. The number of nitro benzene ring substituents is 1. The molecule has 22 heavy (non-hydrogen) atoms. The van der Waals surface area contributed by atoms with Crippen LogP contribution in [0.3, 0.4) is 0 Å². The molecule has 1 amide bonds. The Hall–Kier alpha value is -2.97. The first kappa shape index (κ1) is 17.1. The van der Waals surface area contributed by atoms with E-state index in [0.29, 0.717) is 5.56 Å². The number of hydrogen-bond donors (Lipinski definition) is 2. The molecule has 0 fully saturated rings. The number of ether oxygens (including phenoxy) is 1. The van der Waals surface area contributed by atoms with Gasteiger partial charge in [-0.25, -0.2) is 5.43 Å². The van der Waals surface area contributed by atoms with Gasteiger partial charge in [0.1, 0.15) is 12.3 Å². The normalized spacial score (nSPS) is 10.9. The Morgan fingerprint density at radius 1 is 1.36 bits per heavy atom. The van der Waals surface area contributed by atoms with Crippen molar-refractivity contribution in [3.8, 4) is 0 Å². The number of benzene rings is 1. The van der Waals surface area contributed by atoms with Gasteiger partial charge < -0.3 is 10.5 Å². The Morgan fingerprint density at radius 2 is 2.00 bits per heavy atom. The van der Waals surface area contributed by atoms with E-state index in [0.717, 1.165) is 0 Å². The molecule has 0 saturated carbocycles. The molecule has 0 atom stereocenters. The third kappa shape index (κ3) is 5.99. The van der Waals surface area contributed by atoms with Crippen LogP contribution in [-0.2, 0) is 20.7 Å². The van der Waals surface area contributed by atoms with Gasteiger partial charge in [0.2, 0.25) is 5.91 Å². The Kier molecular flexibility index (Phi) is 6.48. The fourth-order valence-corrected chi connectivity index (χ4v) is 1.49. The van der Waals surface area contributed by atoms with Crippen molar-refractivity contribution in [3.05, 3.63) is 39.9 Å². The molecular formula is C13H16N4O5. The Labute approximate surface area is 126 Å². The van der Waals surface area contributed by atoms with Crippen LogP contribution >= 0.6 is 0 Å². The number of carbonyl (C=O) groups excluding carboxylic acids is 2. The topological polar surface area (TPSA) is 137 Å².